The van der Waals surface area contributed by atoms with Gasteiger partial charge in [0, 0.05) is 6.42 Å². The quantitative estimate of drug-likeness (QED) is 0.0422. The number of rotatable bonds is 51. The second-order valence-electron chi connectivity index (χ2n) is 19.0. The van der Waals surface area contributed by atoms with Gasteiger partial charge in [0.15, 0.2) is 0 Å². The largest absolute Gasteiger partial charge is 0.394 e. The monoisotopic (exact) mass is 832 g/mol. The summed E-state index contributed by atoms with van der Waals surface area (Å²) < 4.78 is 0. The number of unbranched alkanes of at least 4 members (excludes halogenated alkanes) is 42. The Morgan fingerprint density at radius 2 is 0.644 bits per heavy atom. The Bertz CT molecular complexity index is 814. The first-order valence-electron chi connectivity index (χ1n) is 27.4. The summed E-state index contributed by atoms with van der Waals surface area (Å²) in [4.78, 5) is 12.5. The van der Waals surface area contributed by atoms with Gasteiger partial charge in [-0.2, -0.15) is 0 Å². The summed E-state index contributed by atoms with van der Waals surface area (Å²) in [6.45, 7) is 4.38. The summed E-state index contributed by atoms with van der Waals surface area (Å²) in [5, 5.41) is 23.2. The van der Waals surface area contributed by atoms with E-state index in [-0.39, 0.29) is 12.5 Å². The van der Waals surface area contributed by atoms with E-state index in [4.69, 9.17) is 0 Å². The SMILES string of the molecule is CCCCCCCCCC/C=C\CCCCCCCCCCCCCCCCCCCCCCCC(=O)NC(CO)C(O)CCCCCCCCCCCCCCCC. The molecule has 2 atom stereocenters. The zero-order valence-electron chi connectivity index (χ0n) is 40.6. The van der Waals surface area contributed by atoms with Gasteiger partial charge in [-0.25, -0.2) is 0 Å². The number of carbonyl (C=O) groups is 1. The molecule has 0 spiro atoms. The van der Waals surface area contributed by atoms with Crippen molar-refractivity contribution in [3.8, 4) is 0 Å². The van der Waals surface area contributed by atoms with Gasteiger partial charge in [0.2, 0.25) is 5.91 Å². The first kappa shape index (κ1) is 58.1. The Balaban J connectivity index is 3.37. The Hall–Kier alpha value is -0.870. The number of allylic oxidation sites excluding steroid dienone is 2. The zero-order valence-corrected chi connectivity index (χ0v) is 40.6. The number of carbonyl (C=O) groups excluding carboxylic acids is 1. The fourth-order valence-corrected chi connectivity index (χ4v) is 8.83. The van der Waals surface area contributed by atoms with E-state index in [1.165, 1.54) is 263 Å². The lowest BCUT2D eigenvalue weighted by molar-refractivity contribution is -0.123. The van der Waals surface area contributed by atoms with Crippen LogP contribution in [0.15, 0.2) is 12.2 Å². The molecule has 0 saturated heterocycles. The van der Waals surface area contributed by atoms with E-state index in [9.17, 15) is 15.0 Å². The van der Waals surface area contributed by atoms with Crippen molar-refractivity contribution in [3.63, 3.8) is 0 Å². The minimum Gasteiger partial charge on any atom is -0.394 e. The summed E-state index contributed by atoms with van der Waals surface area (Å²) in [5.41, 5.74) is 0. The lowest BCUT2D eigenvalue weighted by atomic mass is 10.0. The highest BCUT2D eigenvalue weighted by Crippen LogP contribution is 2.18. The third-order valence-electron chi connectivity index (χ3n) is 13.0. The molecular formula is C55H109NO3. The lowest BCUT2D eigenvalue weighted by Crippen LogP contribution is -2.45. The van der Waals surface area contributed by atoms with Crippen LogP contribution < -0.4 is 5.32 Å². The van der Waals surface area contributed by atoms with Crippen LogP contribution in [0.3, 0.4) is 0 Å². The van der Waals surface area contributed by atoms with Gasteiger partial charge >= 0.3 is 0 Å². The molecule has 0 fully saturated rings. The van der Waals surface area contributed by atoms with Crippen LogP contribution in [-0.4, -0.2) is 34.9 Å². The van der Waals surface area contributed by atoms with Gasteiger partial charge in [-0.1, -0.05) is 283 Å². The smallest absolute Gasteiger partial charge is 0.220 e. The van der Waals surface area contributed by atoms with E-state index in [1.54, 1.807) is 0 Å². The van der Waals surface area contributed by atoms with E-state index in [0.717, 1.165) is 25.7 Å². The highest BCUT2D eigenvalue weighted by atomic mass is 16.3. The highest BCUT2D eigenvalue weighted by Gasteiger charge is 2.20. The number of amides is 1. The third-order valence-corrected chi connectivity index (χ3v) is 13.0. The molecule has 0 radical (unpaired) electrons. The fraction of sp³-hybridized carbons (Fsp3) is 0.945. The van der Waals surface area contributed by atoms with Gasteiger partial charge in [0.05, 0.1) is 18.8 Å². The molecule has 0 heterocycles. The summed E-state index contributed by atoms with van der Waals surface area (Å²) >= 11 is 0. The first-order valence-corrected chi connectivity index (χ1v) is 27.4. The van der Waals surface area contributed by atoms with Gasteiger partial charge in [-0.15, -0.1) is 0 Å². The zero-order chi connectivity index (χ0) is 42.8. The molecular weight excluding hydrogens is 723 g/mol. The first-order chi connectivity index (χ1) is 29.2. The molecule has 2 unspecified atom stereocenters. The van der Waals surface area contributed by atoms with E-state index in [0.29, 0.717) is 12.8 Å². The minimum absolute atomic E-state index is 0.0249. The molecule has 0 aliphatic carbocycles. The molecule has 0 saturated carbocycles. The molecule has 0 aliphatic heterocycles. The second kappa shape index (κ2) is 51.5. The summed E-state index contributed by atoms with van der Waals surface area (Å²) in [6, 6.07) is -0.531. The van der Waals surface area contributed by atoms with Crippen LogP contribution in [0.2, 0.25) is 0 Å². The summed E-state index contributed by atoms with van der Waals surface area (Å²) in [6.07, 6.45) is 66.3. The predicted molar refractivity (Wildman–Crippen MR) is 263 cm³/mol. The van der Waals surface area contributed by atoms with Gasteiger partial charge in [0.1, 0.15) is 0 Å². The highest BCUT2D eigenvalue weighted by molar-refractivity contribution is 5.76. The van der Waals surface area contributed by atoms with Crippen molar-refractivity contribution in [1.29, 1.82) is 0 Å². The standard InChI is InChI=1S/C55H109NO3/c1-3-5-7-9-11-13-15-17-19-20-21-22-23-24-25-26-27-28-29-30-31-32-33-34-35-36-37-39-41-43-45-47-49-51-55(59)56-53(52-57)54(58)50-48-46-44-42-40-38-18-16-14-12-10-8-6-4-2/h20-21,53-54,57-58H,3-19,22-52H2,1-2H3,(H,56,59)/b21-20-. The van der Waals surface area contributed by atoms with Crippen LogP contribution in [0.5, 0.6) is 0 Å². The Labute approximate surface area is 371 Å². The van der Waals surface area contributed by atoms with Crippen molar-refractivity contribution in [2.75, 3.05) is 6.61 Å². The number of nitrogens with one attached hydrogen (secondary N) is 1. The van der Waals surface area contributed by atoms with E-state index >= 15 is 0 Å². The van der Waals surface area contributed by atoms with Crippen LogP contribution in [0.4, 0.5) is 0 Å². The van der Waals surface area contributed by atoms with E-state index in [1.807, 2.05) is 0 Å². The summed E-state index contributed by atoms with van der Waals surface area (Å²) in [7, 11) is 0. The van der Waals surface area contributed by atoms with Crippen molar-refractivity contribution in [3.05, 3.63) is 12.2 Å². The van der Waals surface area contributed by atoms with Crippen LogP contribution in [0.1, 0.15) is 316 Å². The number of hydrogen-bond donors (Lipinski definition) is 3. The molecule has 3 N–H and O–H groups in total. The summed E-state index contributed by atoms with van der Waals surface area (Å²) in [5.74, 6) is -0.0249. The molecule has 0 aliphatic rings. The number of aliphatic hydroxyl groups is 2. The maximum Gasteiger partial charge on any atom is 0.220 e. The van der Waals surface area contributed by atoms with Gasteiger partial charge < -0.3 is 15.5 Å². The number of hydrogen-bond acceptors (Lipinski definition) is 3. The van der Waals surface area contributed by atoms with Crippen LogP contribution >= 0.6 is 0 Å². The molecule has 59 heavy (non-hydrogen) atoms. The molecule has 0 bridgehead atoms. The molecule has 0 aromatic carbocycles. The number of aliphatic hydroxyl groups excluding tert-OH is 2. The van der Waals surface area contributed by atoms with Crippen molar-refractivity contribution in [2.24, 2.45) is 0 Å². The van der Waals surface area contributed by atoms with Crippen LogP contribution in [0.25, 0.3) is 0 Å². The molecule has 1 amide bonds. The van der Waals surface area contributed by atoms with Crippen molar-refractivity contribution in [2.45, 2.75) is 328 Å². The Kier molecular flexibility index (Phi) is 50.7. The normalized spacial score (nSPS) is 12.8. The maximum atomic E-state index is 12.5. The molecule has 4 heteroatoms. The van der Waals surface area contributed by atoms with Crippen LogP contribution in [-0.2, 0) is 4.79 Å². The minimum atomic E-state index is -0.655. The average molecular weight is 832 g/mol. The van der Waals surface area contributed by atoms with E-state index < -0.39 is 12.1 Å². The topological polar surface area (TPSA) is 69.6 Å². The third kappa shape index (κ3) is 48.0. The van der Waals surface area contributed by atoms with Gasteiger partial charge in [-0.3, -0.25) is 4.79 Å². The van der Waals surface area contributed by atoms with Crippen molar-refractivity contribution < 1.29 is 15.0 Å². The van der Waals surface area contributed by atoms with Crippen molar-refractivity contribution in [1.82, 2.24) is 5.32 Å². The Morgan fingerprint density at radius 1 is 0.390 bits per heavy atom. The lowest BCUT2D eigenvalue weighted by Gasteiger charge is -2.22. The van der Waals surface area contributed by atoms with E-state index in [2.05, 4.69) is 31.3 Å². The molecule has 0 aromatic heterocycles. The second-order valence-corrected chi connectivity index (χ2v) is 19.0. The maximum absolute atomic E-state index is 12.5. The average Bonchev–Trinajstić information content (AvgIpc) is 3.24. The Morgan fingerprint density at radius 3 is 0.932 bits per heavy atom. The van der Waals surface area contributed by atoms with Crippen LogP contribution in [0, 0.1) is 0 Å². The fourth-order valence-electron chi connectivity index (χ4n) is 8.83. The molecule has 352 valence electrons. The van der Waals surface area contributed by atoms with Gasteiger partial charge in [-0.05, 0) is 38.5 Å². The van der Waals surface area contributed by atoms with Crippen molar-refractivity contribution >= 4 is 5.91 Å². The predicted octanol–water partition coefficient (Wildman–Crippen LogP) is 17.8. The molecule has 4 nitrogen and oxygen atoms in total. The van der Waals surface area contributed by atoms with Gasteiger partial charge in [0.25, 0.3) is 0 Å². The molecule has 0 aromatic rings. The molecule has 0 rings (SSSR count).